The normalized spacial score (nSPS) is 24.1. The molecule has 2 atom stereocenters. The molecule has 1 aliphatic carbocycles. The van der Waals surface area contributed by atoms with Gasteiger partial charge in [-0.05, 0) is 42.3 Å². The van der Waals surface area contributed by atoms with Crippen molar-refractivity contribution in [2.75, 3.05) is 13.1 Å². The molecule has 1 aromatic carbocycles. The van der Waals surface area contributed by atoms with E-state index in [0.717, 1.165) is 25.2 Å². The van der Waals surface area contributed by atoms with Crippen LogP contribution in [-0.2, 0) is 6.42 Å². The first-order chi connectivity index (χ1) is 14.3. The molecule has 0 saturated heterocycles. The predicted octanol–water partition coefficient (Wildman–Crippen LogP) is 1.66. The number of H-pyrrole nitrogens is 1. The van der Waals surface area contributed by atoms with E-state index in [0.29, 0.717) is 29.5 Å². The smallest absolute Gasteiger partial charge is 0.274 e. The van der Waals surface area contributed by atoms with Crippen LogP contribution in [0, 0.1) is 11.8 Å². The molecule has 1 heterocycles. The molecule has 3 rings (SSSR count). The second-order valence-electron chi connectivity index (χ2n) is 9.42. The summed E-state index contributed by atoms with van der Waals surface area (Å²) in [6.45, 7) is 11.9. The van der Waals surface area contributed by atoms with Crippen LogP contribution in [0.1, 0.15) is 58.2 Å². The predicted molar refractivity (Wildman–Crippen MR) is 116 cm³/mol. The number of aryl methyl sites for hydroxylation is 1. The number of para-hydroxylation sites is 1. The average Bonchev–Trinajstić information content (AvgIpc) is 2.98. The van der Waals surface area contributed by atoms with E-state index in [4.69, 9.17) is 0 Å². The van der Waals surface area contributed by atoms with Gasteiger partial charge in [0.15, 0.2) is 0 Å². The van der Waals surface area contributed by atoms with Gasteiger partial charge in [0.1, 0.15) is 0 Å². The third kappa shape index (κ3) is 4.41. The molecule has 1 saturated carbocycles. The fourth-order valence-electron chi connectivity index (χ4n) is 4.69. The van der Waals surface area contributed by atoms with Crippen molar-refractivity contribution in [3.8, 4) is 5.69 Å². The van der Waals surface area contributed by atoms with Crippen molar-refractivity contribution in [2.24, 2.45) is 11.8 Å². The summed E-state index contributed by atoms with van der Waals surface area (Å²) >= 11 is 0. The molecule has 0 aliphatic heterocycles. The van der Waals surface area contributed by atoms with Gasteiger partial charge in [0, 0.05) is 24.3 Å². The highest BCUT2D eigenvalue weighted by Crippen LogP contribution is 2.38. The third-order valence-corrected chi connectivity index (χ3v) is 5.86. The van der Waals surface area contributed by atoms with E-state index in [1.807, 2.05) is 37.3 Å². The highest BCUT2D eigenvalue weighted by Gasteiger charge is 2.43. The molecule has 1 fully saturated rings. The number of aromatic nitrogens is 2. The van der Waals surface area contributed by atoms with Crippen LogP contribution in [-0.4, -0.2) is 46.0 Å². The maximum Gasteiger partial charge on any atom is 0.274 e. The number of aromatic amines is 1. The van der Waals surface area contributed by atoms with Crippen molar-refractivity contribution in [2.45, 2.75) is 71.6 Å². The molecule has 0 spiro atoms. The lowest BCUT2D eigenvalue weighted by atomic mass is 9.68. The quantitative estimate of drug-likeness (QED) is 0.677. The molecule has 0 amide bonds. The lowest BCUT2D eigenvalue weighted by Gasteiger charge is -2.64. The van der Waals surface area contributed by atoms with Gasteiger partial charge in [0.05, 0.1) is 5.69 Å². The van der Waals surface area contributed by atoms with Crippen molar-refractivity contribution in [3.63, 3.8) is 0 Å². The van der Waals surface area contributed by atoms with Gasteiger partial charge in [-0.1, -0.05) is 59.2 Å². The molecule has 0 radical (unpaired) electrons. The number of hydrogen-bond acceptors (Lipinski definition) is 4. The van der Waals surface area contributed by atoms with E-state index in [1.54, 1.807) is 0 Å². The Morgan fingerprint density at radius 3 is 2.10 bits per heavy atom. The Bertz CT molecular complexity index is 852. The fourth-order valence-corrected chi connectivity index (χ4v) is 4.69. The molecule has 0 bridgehead atoms. The Balaban J connectivity index is 1.94. The van der Waals surface area contributed by atoms with Crippen LogP contribution >= 0.6 is 0 Å². The van der Waals surface area contributed by atoms with Gasteiger partial charge in [0.2, 0.25) is 0 Å². The summed E-state index contributed by atoms with van der Waals surface area (Å²) in [5, 5.41) is 29.8. The Kier molecular flexibility index (Phi) is 7.22. The zero-order valence-corrected chi connectivity index (χ0v) is 18.8. The maximum atomic E-state index is 13.3. The number of nitrogens with zero attached hydrogens (tertiary/aromatic N) is 2. The largest absolute Gasteiger partial charge is 0.850 e. The zero-order valence-electron chi connectivity index (χ0n) is 18.8. The van der Waals surface area contributed by atoms with Crippen molar-refractivity contribution in [1.82, 2.24) is 14.7 Å². The van der Waals surface area contributed by atoms with Crippen LogP contribution in [0.3, 0.4) is 0 Å². The molecule has 6 nitrogen and oxygen atoms in total. The van der Waals surface area contributed by atoms with E-state index < -0.39 is 24.2 Å². The molecule has 1 aliphatic rings. The average molecular weight is 414 g/mol. The molecular weight excluding hydrogens is 378 g/mol. The van der Waals surface area contributed by atoms with Gasteiger partial charge in [-0.25, -0.2) is 4.68 Å². The van der Waals surface area contributed by atoms with Crippen molar-refractivity contribution >= 4 is 0 Å². The van der Waals surface area contributed by atoms with E-state index >= 15 is 0 Å². The topological polar surface area (TPSA) is 87.1 Å². The lowest BCUT2D eigenvalue weighted by molar-refractivity contribution is -0.545. The minimum absolute atomic E-state index is 0.255. The van der Waals surface area contributed by atoms with Gasteiger partial charge < -0.3 is 15.1 Å². The van der Waals surface area contributed by atoms with E-state index in [1.165, 1.54) is 4.68 Å². The second kappa shape index (κ2) is 9.50. The van der Waals surface area contributed by atoms with Crippen LogP contribution in [0.25, 0.3) is 5.69 Å². The molecule has 2 unspecified atom stereocenters. The molecule has 6 heteroatoms. The van der Waals surface area contributed by atoms with Crippen LogP contribution in [0.15, 0.2) is 35.1 Å². The minimum Gasteiger partial charge on any atom is -0.850 e. The highest BCUT2D eigenvalue weighted by atomic mass is 16.3. The number of benzene rings is 1. The molecule has 30 heavy (non-hydrogen) atoms. The van der Waals surface area contributed by atoms with E-state index in [2.05, 4.69) is 37.7 Å². The Hall–Kier alpha value is -1.89. The summed E-state index contributed by atoms with van der Waals surface area (Å²) in [7, 11) is 0. The second-order valence-corrected chi connectivity index (χ2v) is 9.42. The van der Waals surface area contributed by atoms with Crippen LogP contribution < -0.4 is 15.8 Å². The van der Waals surface area contributed by atoms with Crippen LogP contribution in [0.4, 0.5) is 0 Å². The fraction of sp³-hybridized carbons (Fsp3) is 0.625. The molecule has 2 aromatic rings. The van der Waals surface area contributed by atoms with Gasteiger partial charge in [-0.2, -0.15) is 0 Å². The third-order valence-electron chi connectivity index (χ3n) is 5.86. The summed E-state index contributed by atoms with van der Waals surface area (Å²) in [5.41, 5.74) is 1.60. The SMILES string of the molecule is CCCc1[nH]n(-c2ccccc2)c(=O)c1C1C([O-])C(N(CC(C)C)CC(C)C)C1[O-]. The van der Waals surface area contributed by atoms with Crippen molar-refractivity contribution in [1.29, 1.82) is 0 Å². The molecular formula is C24H35N3O3-2. The summed E-state index contributed by atoms with van der Waals surface area (Å²) in [4.78, 5) is 15.3. The first-order valence-corrected chi connectivity index (χ1v) is 11.2. The maximum absolute atomic E-state index is 13.3. The summed E-state index contributed by atoms with van der Waals surface area (Å²) in [6.07, 6.45) is -0.675. The van der Waals surface area contributed by atoms with Gasteiger partial charge in [-0.15, -0.1) is 12.2 Å². The Labute approximate surface area is 179 Å². The van der Waals surface area contributed by atoms with Crippen molar-refractivity contribution < 1.29 is 10.2 Å². The van der Waals surface area contributed by atoms with Crippen molar-refractivity contribution in [3.05, 3.63) is 51.9 Å². The van der Waals surface area contributed by atoms with E-state index in [9.17, 15) is 15.0 Å². The van der Waals surface area contributed by atoms with E-state index in [-0.39, 0.29) is 5.56 Å². The standard InChI is InChI=1S/C24H35N3O3/c1-6-10-18-19(24(30)27(25-18)17-11-8-7-9-12-17)20-22(28)21(23(20)29)26(13-15(2)3)14-16(4)5/h7-9,11-12,15-16,20-23,25H,6,10,13-14H2,1-5H3/q-2. The summed E-state index contributed by atoms with van der Waals surface area (Å²) in [5.74, 6) is -0.0343. The summed E-state index contributed by atoms with van der Waals surface area (Å²) < 4.78 is 1.48. The lowest BCUT2D eigenvalue weighted by Crippen LogP contribution is -2.75. The highest BCUT2D eigenvalue weighted by molar-refractivity contribution is 5.37. The Morgan fingerprint density at radius 1 is 1.03 bits per heavy atom. The Morgan fingerprint density at radius 2 is 1.60 bits per heavy atom. The minimum atomic E-state index is -1.08. The summed E-state index contributed by atoms with van der Waals surface area (Å²) in [6, 6.07) is 8.75. The molecule has 166 valence electrons. The molecule has 1 aromatic heterocycles. The molecule has 1 N–H and O–H groups in total. The zero-order chi connectivity index (χ0) is 22.0. The number of nitrogens with one attached hydrogen (secondary N) is 1. The monoisotopic (exact) mass is 413 g/mol. The van der Waals surface area contributed by atoms with Gasteiger partial charge in [0.25, 0.3) is 5.56 Å². The van der Waals surface area contributed by atoms with Crippen LogP contribution in [0.2, 0.25) is 0 Å². The number of rotatable bonds is 9. The van der Waals surface area contributed by atoms with Gasteiger partial charge in [-0.3, -0.25) is 9.89 Å². The first kappa shape index (κ1) is 22.8. The first-order valence-electron chi connectivity index (χ1n) is 11.2. The van der Waals surface area contributed by atoms with Crippen LogP contribution in [0.5, 0.6) is 0 Å². The van der Waals surface area contributed by atoms with Gasteiger partial charge >= 0.3 is 0 Å². The number of hydrogen-bond donors (Lipinski definition) is 1.